The topological polar surface area (TPSA) is 36.4 Å². The Morgan fingerprint density at radius 2 is 1.73 bits per heavy atom. The maximum absolute atomic E-state index is 13.0. The molecule has 2 heterocycles. The number of amides is 1. The zero-order valence-electron chi connectivity index (χ0n) is 15.7. The molecule has 0 bridgehead atoms. The summed E-state index contributed by atoms with van der Waals surface area (Å²) in [6, 6.07) is 12.5. The second-order valence-electron chi connectivity index (χ2n) is 6.87. The molecular formula is C21H17ClF3N3OS. The lowest BCUT2D eigenvalue weighted by molar-refractivity contribution is -0.137. The van der Waals surface area contributed by atoms with Crippen LogP contribution in [0, 0.1) is 0 Å². The molecule has 30 heavy (non-hydrogen) atoms. The van der Waals surface area contributed by atoms with Crippen LogP contribution >= 0.6 is 22.9 Å². The number of hydrogen-bond acceptors (Lipinski definition) is 4. The molecule has 1 aromatic heterocycles. The molecule has 0 atom stereocenters. The molecular weight excluding hydrogens is 435 g/mol. The van der Waals surface area contributed by atoms with Gasteiger partial charge in [0.25, 0.3) is 5.91 Å². The van der Waals surface area contributed by atoms with Gasteiger partial charge < -0.3 is 9.80 Å². The molecule has 156 valence electrons. The van der Waals surface area contributed by atoms with Gasteiger partial charge in [0.05, 0.1) is 5.56 Å². The molecule has 1 fully saturated rings. The molecule has 0 saturated carbocycles. The third-order valence-corrected chi connectivity index (χ3v) is 6.06. The maximum atomic E-state index is 13.0. The first kappa shape index (κ1) is 20.7. The monoisotopic (exact) mass is 451 g/mol. The maximum Gasteiger partial charge on any atom is 0.416 e. The van der Waals surface area contributed by atoms with Crippen LogP contribution in [-0.2, 0) is 6.18 Å². The average molecular weight is 452 g/mol. The summed E-state index contributed by atoms with van der Waals surface area (Å²) in [5.41, 5.74) is 1.10. The van der Waals surface area contributed by atoms with Crippen molar-refractivity contribution in [2.75, 3.05) is 31.1 Å². The van der Waals surface area contributed by atoms with Gasteiger partial charge in [-0.05, 0) is 30.3 Å². The fourth-order valence-electron chi connectivity index (χ4n) is 3.31. The van der Waals surface area contributed by atoms with Crippen molar-refractivity contribution in [3.8, 4) is 10.6 Å². The number of nitrogens with zero attached hydrogens (tertiary/aromatic N) is 3. The van der Waals surface area contributed by atoms with Crippen molar-refractivity contribution in [1.82, 2.24) is 9.88 Å². The van der Waals surface area contributed by atoms with Crippen LogP contribution < -0.4 is 4.90 Å². The lowest BCUT2D eigenvalue weighted by Gasteiger charge is -2.36. The van der Waals surface area contributed by atoms with E-state index in [0.29, 0.717) is 42.6 Å². The van der Waals surface area contributed by atoms with E-state index in [0.717, 1.165) is 22.7 Å². The van der Waals surface area contributed by atoms with Gasteiger partial charge in [-0.3, -0.25) is 4.79 Å². The Bertz CT molecular complexity index is 1040. The first-order valence-electron chi connectivity index (χ1n) is 9.24. The minimum absolute atomic E-state index is 0.171. The number of carbonyl (C=O) groups is 1. The summed E-state index contributed by atoms with van der Waals surface area (Å²) in [5.74, 6) is -0.171. The summed E-state index contributed by atoms with van der Waals surface area (Å²) in [4.78, 5) is 20.8. The number of piperazine rings is 1. The van der Waals surface area contributed by atoms with Crippen LogP contribution in [0.4, 0.5) is 18.9 Å². The van der Waals surface area contributed by atoms with Gasteiger partial charge in [-0.25, -0.2) is 4.98 Å². The lowest BCUT2D eigenvalue weighted by atomic mass is 10.1. The number of benzene rings is 2. The highest BCUT2D eigenvalue weighted by Crippen LogP contribution is 2.32. The van der Waals surface area contributed by atoms with Crippen LogP contribution in [0.1, 0.15) is 16.1 Å². The normalized spacial score (nSPS) is 14.8. The Morgan fingerprint density at radius 1 is 1.03 bits per heavy atom. The summed E-state index contributed by atoms with van der Waals surface area (Å²) in [6.07, 6.45) is -4.37. The van der Waals surface area contributed by atoms with Gasteiger partial charge in [0, 0.05) is 47.8 Å². The highest BCUT2D eigenvalue weighted by atomic mass is 35.5. The SMILES string of the molecule is O=C(c1csc(-c2ccc(Cl)cc2)n1)N1CCN(c2cccc(C(F)(F)F)c2)CC1. The van der Waals surface area contributed by atoms with Crippen molar-refractivity contribution in [3.05, 3.63) is 70.2 Å². The molecule has 1 saturated heterocycles. The summed E-state index contributed by atoms with van der Waals surface area (Å²) >= 11 is 7.29. The largest absolute Gasteiger partial charge is 0.416 e. The lowest BCUT2D eigenvalue weighted by Crippen LogP contribution is -2.48. The first-order valence-corrected chi connectivity index (χ1v) is 10.5. The van der Waals surface area contributed by atoms with E-state index in [2.05, 4.69) is 4.98 Å². The van der Waals surface area contributed by atoms with Crippen LogP contribution in [0.2, 0.25) is 5.02 Å². The Labute approximate surface area is 180 Å². The second-order valence-corrected chi connectivity index (χ2v) is 8.17. The van der Waals surface area contributed by atoms with E-state index in [1.54, 1.807) is 28.5 Å². The molecule has 1 aliphatic heterocycles. The molecule has 9 heteroatoms. The van der Waals surface area contributed by atoms with Crippen molar-refractivity contribution < 1.29 is 18.0 Å². The Hall–Kier alpha value is -2.58. The third kappa shape index (κ3) is 4.44. The van der Waals surface area contributed by atoms with Crippen molar-refractivity contribution in [2.45, 2.75) is 6.18 Å². The van der Waals surface area contributed by atoms with Crippen molar-refractivity contribution >= 4 is 34.5 Å². The summed E-state index contributed by atoms with van der Waals surface area (Å²) < 4.78 is 38.9. The number of aromatic nitrogens is 1. The minimum Gasteiger partial charge on any atom is -0.368 e. The molecule has 0 spiro atoms. The number of alkyl halides is 3. The van der Waals surface area contributed by atoms with Crippen molar-refractivity contribution in [2.24, 2.45) is 0 Å². The predicted molar refractivity (Wildman–Crippen MR) is 112 cm³/mol. The highest BCUT2D eigenvalue weighted by Gasteiger charge is 2.31. The quantitative estimate of drug-likeness (QED) is 0.531. The number of halogens is 4. The second kappa shape index (κ2) is 8.28. The average Bonchev–Trinajstić information content (AvgIpc) is 3.24. The highest BCUT2D eigenvalue weighted by molar-refractivity contribution is 7.13. The van der Waals surface area contributed by atoms with Crippen LogP contribution in [0.15, 0.2) is 53.9 Å². The smallest absolute Gasteiger partial charge is 0.368 e. The standard InChI is InChI=1S/C21H17ClF3N3OS/c22-16-6-4-14(5-7-16)19-26-18(13-30-19)20(29)28-10-8-27(9-11-28)17-3-1-2-15(12-17)21(23,24)25/h1-7,12-13H,8-11H2. The Balaban J connectivity index is 1.41. The van der Waals surface area contributed by atoms with Crippen LogP contribution in [0.3, 0.4) is 0 Å². The molecule has 0 N–H and O–H groups in total. The molecule has 0 unspecified atom stereocenters. The predicted octanol–water partition coefficient (Wildman–Crippen LogP) is 5.44. The van der Waals surface area contributed by atoms with E-state index in [-0.39, 0.29) is 5.91 Å². The number of thiazole rings is 1. The molecule has 1 aliphatic rings. The molecule has 2 aromatic carbocycles. The van der Waals surface area contributed by atoms with Gasteiger partial charge in [-0.1, -0.05) is 29.8 Å². The zero-order valence-corrected chi connectivity index (χ0v) is 17.3. The van der Waals surface area contributed by atoms with Gasteiger partial charge in [-0.15, -0.1) is 11.3 Å². The molecule has 1 amide bonds. The number of hydrogen-bond donors (Lipinski definition) is 0. The Kier molecular flexibility index (Phi) is 5.71. The molecule has 4 rings (SSSR count). The van der Waals surface area contributed by atoms with Gasteiger partial charge in [0.1, 0.15) is 10.7 Å². The van der Waals surface area contributed by atoms with Gasteiger partial charge in [0.2, 0.25) is 0 Å². The molecule has 0 aliphatic carbocycles. The van der Waals surface area contributed by atoms with E-state index in [4.69, 9.17) is 11.6 Å². The molecule has 4 nitrogen and oxygen atoms in total. The van der Waals surface area contributed by atoms with E-state index < -0.39 is 11.7 Å². The van der Waals surface area contributed by atoms with Gasteiger partial charge >= 0.3 is 6.18 Å². The number of carbonyl (C=O) groups excluding carboxylic acids is 1. The summed E-state index contributed by atoms with van der Waals surface area (Å²) in [7, 11) is 0. The molecule has 0 radical (unpaired) electrons. The summed E-state index contributed by atoms with van der Waals surface area (Å²) in [5, 5.41) is 3.09. The third-order valence-electron chi connectivity index (χ3n) is 4.92. The van der Waals surface area contributed by atoms with E-state index >= 15 is 0 Å². The number of anilines is 1. The molecule has 3 aromatic rings. The fraction of sp³-hybridized carbons (Fsp3) is 0.238. The Morgan fingerprint density at radius 3 is 2.40 bits per heavy atom. The van der Waals surface area contributed by atoms with Crippen LogP contribution in [0.5, 0.6) is 0 Å². The van der Waals surface area contributed by atoms with Crippen molar-refractivity contribution in [3.63, 3.8) is 0 Å². The van der Waals surface area contributed by atoms with Crippen LogP contribution in [0.25, 0.3) is 10.6 Å². The van der Waals surface area contributed by atoms with Gasteiger partial charge in [-0.2, -0.15) is 13.2 Å². The van der Waals surface area contributed by atoms with E-state index in [9.17, 15) is 18.0 Å². The van der Waals surface area contributed by atoms with Crippen molar-refractivity contribution in [1.29, 1.82) is 0 Å². The van der Waals surface area contributed by atoms with E-state index in [1.807, 2.05) is 17.0 Å². The minimum atomic E-state index is -4.37. The van der Waals surface area contributed by atoms with Crippen LogP contribution in [-0.4, -0.2) is 42.0 Å². The number of rotatable bonds is 3. The summed E-state index contributed by atoms with van der Waals surface area (Å²) in [6.45, 7) is 1.76. The fourth-order valence-corrected chi connectivity index (χ4v) is 4.23. The first-order chi connectivity index (χ1) is 14.3. The van der Waals surface area contributed by atoms with Gasteiger partial charge in [0.15, 0.2) is 0 Å². The van der Waals surface area contributed by atoms with E-state index in [1.165, 1.54) is 17.4 Å². The zero-order chi connectivity index (χ0) is 21.3.